The van der Waals surface area contributed by atoms with Crippen molar-refractivity contribution < 1.29 is 9.53 Å². The number of hydrogen-bond donors (Lipinski definition) is 0. The Morgan fingerprint density at radius 1 is 1.32 bits per heavy atom. The molecular weight excluding hydrogens is 240 g/mol. The Kier molecular flexibility index (Phi) is 2.66. The molecule has 4 nitrogen and oxygen atoms in total. The minimum atomic E-state index is -0.469. The number of hydrogen-bond acceptors (Lipinski definition) is 3. The zero-order chi connectivity index (χ0) is 13.5. The van der Waals surface area contributed by atoms with E-state index in [0.29, 0.717) is 0 Å². The fourth-order valence-electron chi connectivity index (χ4n) is 2.55. The lowest BCUT2D eigenvalue weighted by Gasteiger charge is -2.12. The van der Waals surface area contributed by atoms with E-state index in [2.05, 4.69) is 5.10 Å². The Balaban J connectivity index is 2.02. The molecule has 0 aliphatic heterocycles. The van der Waals surface area contributed by atoms with Crippen LogP contribution in [0.2, 0.25) is 0 Å². The Bertz CT molecular complexity index is 612. The second-order valence-electron chi connectivity index (χ2n) is 4.98. The first-order chi connectivity index (χ1) is 9.17. The van der Waals surface area contributed by atoms with Crippen molar-refractivity contribution in [2.75, 3.05) is 7.11 Å². The van der Waals surface area contributed by atoms with Crippen molar-refractivity contribution in [2.24, 2.45) is 7.05 Å². The summed E-state index contributed by atoms with van der Waals surface area (Å²) in [5.41, 5.74) is 2.43. The molecule has 0 spiro atoms. The molecule has 0 atom stereocenters. The lowest BCUT2D eigenvalue weighted by molar-refractivity contribution is -0.143. The summed E-state index contributed by atoms with van der Waals surface area (Å²) in [6.07, 6.45) is 1.68. The van der Waals surface area contributed by atoms with Crippen molar-refractivity contribution in [1.29, 1.82) is 0 Å². The van der Waals surface area contributed by atoms with Crippen molar-refractivity contribution in [3.8, 4) is 11.3 Å². The highest BCUT2D eigenvalue weighted by Gasteiger charge is 2.54. The van der Waals surface area contributed by atoms with E-state index in [1.807, 2.05) is 43.4 Å². The molecule has 98 valence electrons. The molecular formula is C15H16N2O2. The molecule has 1 fully saturated rings. The monoisotopic (exact) mass is 256 g/mol. The SMILES string of the molecule is COC(=O)C1(c2cc(-c3ccccc3)nn2C)CC1. The maximum absolute atomic E-state index is 11.9. The average Bonchev–Trinajstić information content (AvgIpc) is 3.16. The minimum absolute atomic E-state index is 0.157. The quantitative estimate of drug-likeness (QED) is 0.791. The van der Waals surface area contributed by atoms with Gasteiger partial charge in [-0.25, -0.2) is 0 Å². The van der Waals surface area contributed by atoms with Gasteiger partial charge in [0.15, 0.2) is 0 Å². The van der Waals surface area contributed by atoms with Crippen LogP contribution in [0.15, 0.2) is 36.4 Å². The van der Waals surface area contributed by atoms with Crippen LogP contribution >= 0.6 is 0 Å². The fourth-order valence-corrected chi connectivity index (χ4v) is 2.55. The number of esters is 1. The first-order valence-corrected chi connectivity index (χ1v) is 6.36. The van der Waals surface area contributed by atoms with Gasteiger partial charge in [0.25, 0.3) is 0 Å². The van der Waals surface area contributed by atoms with Gasteiger partial charge in [0.2, 0.25) is 0 Å². The molecule has 1 aliphatic rings. The van der Waals surface area contributed by atoms with E-state index in [9.17, 15) is 4.79 Å². The highest BCUT2D eigenvalue weighted by Crippen LogP contribution is 2.49. The number of carbonyl (C=O) groups is 1. The van der Waals surface area contributed by atoms with E-state index in [4.69, 9.17) is 4.74 Å². The van der Waals surface area contributed by atoms with Gasteiger partial charge in [-0.05, 0) is 18.9 Å². The molecule has 0 unspecified atom stereocenters. The first kappa shape index (κ1) is 12.0. The van der Waals surface area contributed by atoms with E-state index in [1.165, 1.54) is 7.11 Å². The normalized spacial score (nSPS) is 16.1. The Morgan fingerprint density at radius 3 is 2.58 bits per heavy atom. The van der Waals surface area contributed by atoms with E-state index < -0.39 is 5.41 Å². The van der Waals surface area contributed by atoms with Crippen molar-refractivity contribution in [3.63, 3.8) is 0 Å². The van der Waals surface area contributed by atoms with Gasteiger partial charge in [-0.15, -0.1) is 0 Å². The van der Waals surface area contributed by atoms with Crippen LogP contribution in [0.4, 0.5) is 0 Å². The maximum Gasteiger partial charge on any atom is 0.317 e. The van der Waals surface area contributed by atoms with Crippen molar-refractivity contribution in [3.05, 3.63) is 42.1 Å². The van der Waals surface area contributed by atoms with Gasteiger partial charge < -0.3 is 4.74 Å². The number of ether oxygens (including phenoxy) is 1. The van der Waals surface area contributed by atoms with Gasteiger partial charge in [-0.2, -0.15) is 5.10 Å². The molecule has 0 saturated heterocycles. The van der Waals surface area contributed by atoms with Gasteiger partial charge >= 0.3 is 5.97 Å². The molecule has 1 aromatic heterocycles. The predicted octanol–water partition coefficient (Wildman–Crippen LogP) is 2.29. The number of rotatable bonds is 3. The highest BCUT2D eigenvalue weighted by molar-refractivity contribution is 5.86. The summed E-state index contributed by atoms with van der Waals surface area (Å²) in [5.74, 6) is -0.157. The Labute approximate surface area is 112 Å². The van der Waals surface area contributed by atoms with Crippen LogP contribution in [0, 0.1) is 0 Å². The van der Waals surface area contributed by atoms with Crippen LogP contribution in [-0.2, 0) is 22.0 Å². The number of methoxy groups -OCH3 is 1. The molecule has 0 N–H and O–H groups in total. The lowest BCUT2D eigenvalue weighted by Crippen LogP contribution is -2.24. The third kappa shape index (κ3) is 1.84. The Morgan fingerprint density at radius 2 is 2.00 bits per heavy atom. The Hall–Kier alpha value is -2.10. The van der Waals surface area contributed by atoms with Gasteiger partial charge in [-0.1, -0.05) is 30.3 Å². The molecule has 0 bridgehead atoms. The van der Waals surface area contributed by atoms with E-state index in [-0.39, 0.29) is 5.97 Å². The number of aromatic nitrogens is 2. The minimum Gasteiger partial charge on any atom is -0.468 e. The first-order valence-electron chi connectivity index (χ1n) is 6.36. The van der Waals surface area contributed by atoms with Crippen molar-refractivity contribution in [1.82, 2.24) is 9.78 Å². The number of nitrogens with zero attached hydrogens (tertiary/aromatic N) is 2. The van der Waals surface area contributed by atoms with Crippen LogP contribution in [0.1, 0.15) is 18.5 Å². The van der Waals surface area contributed by atoms with Crippen LogP contribution in [0.25, 0.3) is 11.3 Å². The van der Waals surface area contributed by atoms with Crippen LogP contribution in [-0.4, -0.2) is 22.9 Å². The van der Waals surface area contributed by atoms with E-state index in [1.54, 1.807) is 4.68 Å². The molecule has 1 aliphatic carbocycles. The van der Waals surface area contributed by atoms with Crippen LogP contribution in [0.5, 0.6) is 0 Å². The molecule has 1 saturated carbocycles. The predicted molar refractivity (Wildman–Crippen MR) is 71.6 cm³/mol. The zero-order valence-electron chi connectivity index (χ0n) is 11.1. The lowest BCUT2D eigenvalue weighted by atomic mass is 10.0. The van der Waals surface area contributed by atoms with Crippen LogP contribution in [0.3, 0.4) is 0 Å². The molecule has 1 heterocycles. The van der Waals surface area contributed by atoms with Gasteiger partial charge in [0, 0.05) is 12.6 Å². The molecule has 4 heteroatoms. The fraction of sp³-hybridized carbons (Fsp3) is 0.333. The number of aryl methyl sites for hydroxylation is 1. The summed E-state index contributed by atoms with van der Waals surface area (Å²) in [6.45, 7) is 0. The third-order valence-electron chi connectivity index (χ3n) is 3.77. The molecule has 3 rings (SSSR count). The maximum atomic E-state index is 11.9. The summed E-state index contributed by atoms with van der Waals surface area (Å²) in [7, 11) is 3.32. The number of carbonyl (C=O) groups excluding carboxylic acids is 1. The van der Waals surface area contributed by atoms with Crippen molar-refractivity contribution >= 4 is 5.97 Å². The van der Waals surface area contributed by atoms with Gasteiger partial charge in [0.05, 0.1) is 18.5 Å². The smallest absolute Gasteiger partial charge is 0.317 e. The average molecular weight is 256 g/mol. The molecule has 0 amide bonds. The van der Waals surface area contributed by atoms with Gasteiger partial charge in [-0.3, -0.25) is 9.48 Å². The summed E-state index contributed by atoms with van der Waals surface area (Å²) >= 11 is 0. The summed E-state index contributed by atoms with van der Waals surface area (Å²) in [5, 5.41) is 4.51. The second kappa shape index (κ2) is 4.23. The highest BCUT2D eigenvalue weighted by atomic mass is 16.5. The molecule has 1 aromatic carbocycles. The van der Waals surface area contributed by atoms with E-state index in [0.717, 1.165) is 29.8 Å². The largest absolute Gasteiger partial charge is 0.468 e. The second-order valence-corrected chi connectivity index (χ2v) is 4.98. The third-order valence-corrected chi connectivity index (χ3v) is 3.77. The van der Waals surface area contributed by atoms with Crippen molar-refractivity contribution in [2.45, 2.75) is 18.3 Å². The summed E-state index contributed by atoms with van der Waals surface area (Å²) in [4.78, 5) is 11.9. The standard InChI is InChI=1S/C15H16N2O2/c1-17-13(15(8-9-15)14(18)19-2)10-12(16-17)11-6-4-3-5-7-11/h3-7,10H,8-9H2,1-2H3. The summed E-state index contributed by atoms with van der Waals surface area (Å²) in [6, 6.07) is 12.0. The molecule has 2 aromatic rings. The molecule has 19 heavy (non-hydrogen) atoms. The topological polar surface area (TPSA) is 44.1 Å². The molecule has 0 radical (unpaired) electrons. The van der Waals surface area contributed by atoms with Gasteiger partial charge in [0.1, 0.15) is 5.41 Å². The zero-order valence-corrected chi connectivity index (χ0v) is 11.1. The summed E-state index contributed by atoms with van der Waals surface area (Å²) < 4.78 is 6.72. The number of benzene rings is 1. The van der Waals surface area contributed by atoms with E-state index >= 15 is 0 Å². The van der Waals surface area contributed by atoms with Crippen LogP contribution < -0.4 is 0 Å².